The Morgan fingerprint density at radius 1 is 1.19 bits per heavy atom. The molecule has 7 nitrogen and oxygen atoms in total. The number of benzene rings is 1. The SMILES string of the molecule is O=S(=O)(NCCN1CCCCC1)c1cccc2nonc12. The molecular weight excluding hydrogens is 292 g/mol. The summed E-state index contributed by atoms with van der Waals surface area (Å²) in [5, 5.41) is 7.33. The van der Waals surface area contributed by atoms with Gasteiger partial charge in [0.1, 0.15) is 10.4 Å². The normalized spacial score (nSPS) is 17.3. The topological polar surface area (TPSA) is 88.3 Å². The molecule has 0 spiro atoms. The minimum absolute atomic E-state index is 0.111. The maximum atomic E-state index is 12.3. The van der Waals surface area contributed by atoms with Gasteiger partial charge in [0.15, 0.2) is 5.52 Å². The fourth-order valence-corrected chi connectivity index (χ4v) is 3.77. The van der Waals surface area contributed by atoms with Crippen LogP contribution < -0.4 is 4.72 Å². The zero-order valence-corrected chi connectivity index (χ0v) is 12.5. The van der Waals surface area contributed by atoms with E-state index in [2.05, 4.69) is 24.6 Å². The molecule has 1 aromatic heterocycles. The lowest BCUT2D eigenvalue weighted by molar-refractivity contribution is 0.233. The number of rotatable bonds is 5. The third-order valence-corrected chi connectivity index (χ3v) is 5.20. The van der Waals surface area contributed by atoms with Crippen LogP contribution in [0, 0.1) is 0 Å². The minimum Gasteiger partial charge on any atom is -0.302 e. The predicted octanol–water partition coefficient (Wildman–Crippen LogP) is 0.987. The van der Waals surface area contributed by atoms with Gasteiger partial charge in [0.2, 0.25) is 10.0 Å². The third kappa shape index (κ3) is 3.22. The number of hydrogen-bond acceptors (Lipinski definition) is 6. The second kappa shape index (κ2) is 6.08. The Balaban J connectivity index is 1.67. The van der Waals surface area contributed by atoms with Crippen LogP contribution in [0.4, 0.5) is 0 Å². The quantitative estimate of drug-likeness (QED) is 0.886. The highest BCUT2D eigenvalue weighted by molar-refractivity contribution is 7.89. The number of hydrogen-bond donors (Lipinski definition) is 1. The van der Waals surface area contributed by atoms with Crippen LogP contribution in [-0.2, 0) is 10.0 Å². The number of nitrogens with one attached hydrogen (secondary N) is 1. The first kappa shape index (κ1) is 14.4. The molecule has 3 rings (SSSR count). The zero-order valence-electron chi connectivity index (χ0n) is 11.7. The number of nitrogens with zero attached hydrogens (tertiary/aromatic N) is 3. The van der Waals surface area contributed by atoms with Crippen molar-refractivity contribution in [3.05, 3.63) is 18.2 Å². The van der Waals surface area contributed by atoms with Crippen molar-refractivity contribution in [3.63, 3.8) is 0 Å². The summed E-state index contributed by atoms with van der Waals surface area (Å²) >= 11 is 0. The van der Waals surface area contributed by atoms with Crippen LogP contribution in [0.25, 0.3) is 11.0 Å². The molecule has 2 aromatic rings. The van der Waals surface area contributed by atoms with E-state index in [0.29, 0.717) is 12.1 Å². The van der Waals surface area contributed by atoms with Gasteiger partial charge in [-0.1, -0.05) is 12.5 Å². The van der Waals surface area contributed by atoms with E-state index in [1.54, 1.807) is 12.1 Å². The number of piperidine rings is 1. The summed E-state index contributed by atoms with van der Waals surface area (Å²) in [5.41, 5.74) is 0.705. The van der Waals surface area contributed by atoms with Crippen molar-refractivity contribution in [1.82, 2.24) is 19.9 Å². The first-order valence-electron chi connectivity index (χ1n) is 7.10. The van der Waals surface area contributed by atoms with Crippen LogP contribution in [0.2, 0.25) is 0 Å². The molecule has 21 heavy (non-hydrogen) atoms. The molecule has 1 fully saturated rings. The second-order valence-electron chi connectivity index (χ2n) is 5.19. The monoisotopic (exact) mass is 310 g/mol. The van der Waals surface area contributed by atoms with Crippen molar-refractivity contribution in [3.8, 4) is 0 Å². The first-order chi connectivity index (χ1) is 10.2. The van der Waals surface area contributed by atoms with E-state index in [-0.39, 0.29) is 10.4 Å². The zero-order chi connectivity index (χ0) is 14.7. The van der Waals surface area contributed by atoms with Gasteiger partial charge in [-0.3, -0.25) is 0 Å². The second-order valence-corrected chi connectivity index (χ2v) is 6.92. The molecule has 0 saturated carbocycles. The van der Waals surface area contributed by atoms with E-state index < -0.39 is 10.0 Å². The molecule has 1 N–H and O–H groups in total. The van der Waals surface area contributed by atoms with E-state index in [1.807, 2.05) is 0 Å². The Morgan fingerprint density at radius 3 is 2.81 bits per heavy atom. The van der Waals surface area contributed by atoms with E-state index in [1.165, 1.54) is 25.3 Å². The van der Waals surface area contributed by atoms with E-state index in [4.69, 9.17) is 0 Å². The van der Waals surface area contributed by atoms with E-state index in [0.717, 1.165) is 19.6 Å². The predicted molar refractivity (Wildman–Crippen MR) is 77.3 cm³/mol. The fraction of sp³-hybridized carbons (Fsp3) is 0.538. The average molecular weight is 310 g/mol. The van der Waals surface area contributed by atoms with Gasteiger partial charge in [-0.2, -0.15) is 0 Å². The summed E-state index contributed by atoms with van der Waals surface area (Å²) in [6, 6.07) is 4.81. The number of aromatic nitrogens is 2. The van der Waals surface area contributed by atoms with Gasteiger partial charge in [-0.15, -0.1) is 0 Å². The van der Waals surface area contributed by atoms with Crippen LogP contribution in [-0.4, -0.2) is 49.8 Å². The van der Waals surface area contributed by atoms with Gasteiger partial charge in [0.05, 0.1) is 0 Å². The van der Waals surface area contributed by atoms with Gasteiger partial charge in [0, 0.05) is 13.1 Å². The number of fused-ring (bicyclic) bond motifs is 1. The number of likely N-dealkylation sites (tertiary alicyclic amines) is 1. The molecule has 0 radical (unpaired) electrons. The van der Waals surface area contributed by atoms with Crippen LogP contribution in [0.5, 0.6) is 0 Å². The maximum Gasteiger partial charge on any atom is 0.242 e. The molecule has 1 aliphatic heterocycles. The highest BCUT2D eigenvalue weighted by Gasteiger charge is 2.20. The minimum atomic E-state index is -3.60. The van der Waals surface area contributed by atoms with E-state index in [9.17, 15) is 8.42 Å². The van der Waals surface area contributed by atoms with Crippen LogP contribution in [0.15, 0.2) is 27.7 Å². The van der Waals surface area contributed by atoms with Crippen LogP contribution in [0.1, 0.15) is 19.3 Å². The number of sulfonamides is 1. The third-order valence-electron chi connectivity index (χ3n) is 3.71. The lowest BCUT2D eigenvalue weighted by atomic mass is 10.1. The molecular formula is C13H18N4O3S. The van der Waals surface area contributed by atoms with Gasteiger partial charge in [0.25, 0.3) is 0 Å². The molecule has 1 aromatic carbocycles. The summed E-state index contributed by atoms with van der Waals surface area (Å²) in [5.74, 6) is 0. The Morgan fingerprint density at radius 2 is 2.00 bits per heavy atom. The lowest BCUT2D eigenvalue weighted by Crippen LogP contribution is -2.37. The molecule has 0 aliphatic carbocycles. The van der Waals surface area contributed by atoms with Crippen molar-refractivity contribution in [2.45, 2.75) is 24.2 Å². The highest BCUT2D eigenvalue weighted by Crippen LogP contribution is 2.19. The van der Waals surface area contributed by atoms with Crippen molar-refractivity contribution in [2.75, 3.05) is 26.2 Å². The Kier molecular flexibility index (Phi) is 4.18. The standard InChI is InChI=1S/C13H18N4O3S/c18-21(19,14-7-10-17-8-2-1-3-9-17)12-6-4-5-11-13(12)16-20-15-11/h4-6,14H,1-3,7-10H2. The largest absolute Gasteiger partial charge is 0.302 e. The average Bonchev–Trinajstić information content (AvgIpc) is 2.96. The molecule has 8 heteroatoms. The molecule has 1 aliphatic rings. The summed E-state index contributed by atoms with van der Waals surface area (Å²) < 4.78 is 31.9. The molecule has 1 saturated heterocycles. The molecule has 114 valence electrons. The molecule has 0 bridgehead atoms. The van der Waals surface area contributed by atoms with Crippen LogP contribution in [0.3, 0.4) is 0 Å². The van der Waals surface area contributed by atoms with Crippen molar-refractivity contribution < 1.29 is 13.0 Å². The van der Waals surface area contributed by atoms with Gasteiger partial charge < -0.3 is 4.90 Å². The molecule has 0 amide bonds. The van der Waals surface area contributed by atoms with Crippen LogP contribution >= 0.6 is 0 Å². The maximum absolute atomic E-state index is 12.3. The molecule has 2 heterocycles. The smallest absolute Gasteiger partial charge is 0.242 e. The van der Waals surface area contributed by atoms with Gasteiger partial charge >= 0.3 is 0 Å². The molecule has 0 unspecified atom stereocenters. The van der Waals surface area contributed by atoms with Crippen molar-refractivity contribution in [1.29, 1.82) is 0 Å². The van der Waals surface area contributed by atoms with Crippen molar-refractivity contribution in [2.24, 2.45) is 0 Å². The van der Waals surface area contributed by atoms with E-state index >= 15 is 0 Å². The first-order valence-corrected chi connectivity index (χ1v) is 8.58. The van der Waals surface area contributed by atoms with Gasteiger partial charge in [-0.05, 0) is 48.4 Å². The summed E-state index contributed by atoms with van der Waals surface area (Å²) in [7, 11) is -3.60. The Bertz CT molecular complexity index is 707. The highest BCUT2D eigenvalue weighted by atomic mass is 32.2. The fourth-order valence-electron chi connectivity index (χ4n) is 2.60. The lowest BCUT2D eigenvalue weighted by Gasteiger charge is -2.26. The molecule has 0 atom stereocenters. The Labute approximate surface area is 123 Å². The van der Waals surface area contributed by atoms with Crippen molar-refractivity contribution >= 4 is 21.1 Å². The summed E-state index contributed by atoms with van der Waals surface area (Å²) in [4.78, 5) is 2.39. The summed E-state index contributed by atoms with van der Waals surface area (Å²) in [6.07, 6.45) is 3.65. The Hall–Kier alpha value is -1.51. The summed E-state index contributed by atoms with van der Waals surface area (Å²) in [6.45, 7) is 3.21. The van der Waals surface area contributed by atoms with Gasteiger partial charge in [-0.25, -0.2) is 17.8 Å².